The van der Waals surface area contributed by atoms with Crippen LogP contribution in [0.25, 0.3) is 21.9 Å². The fraction of sp³-hybridized carbons (Fsp3) is 0.389. The molecule has 3 aromatic rings. The van der Waals surface area contributed by atoms with Gasteiger partial charge in [0.15, 0.2) is 0 Å². The highest BCUT2D eigenvalue weighted by atomic mass is 16.4. The maximum atomic E-state index is 10.6. The standard InChI is InChI=1S/C18H22N4O2/c1-2-3-9-16-21-15-12-20-14-8-5-4-7-13(14)17(15)22(16)11-6-10-19-18(23)24/h4-5,7-8,12,19H,2-3,6,9-11H2,1H3,(H,23,24). The molecule has 24 heavy (non-hydrogen) atoms. The molecule has 0 spiro atoms. The number of nitrogens with zero attached hydrogens (tertiary/aromatic N) is 3. The minimum atomic E-state index is -0.980. The van der Waals surface area contributed by atoms with Crippen molar-refractivity contribution in [1.29, 1.82) is 0 Å². The van der Waals surface area contributed by atoms with Crippen LogP contribution in [0.5, 0.6) is 0 Å². The molecule has 1 aromatic carbocycles. The zero-order chi connectivity index (χ0) is 16.9. The van der Waals surface area contributed by atoms with Crippen molar-refractivity contribution in [2.45, 2.75) is 39.2 Å². The highest BCUT2D eigenvalue weighted by Gasteiger charge is 2.13. The van der Waals surface area contributed by atoms with Gasteiger partial charge in [-0.25, -0.2) is 9.78 Å². The Labute approximate surface area is 140 Å². The van der Waals surface area contributed by atoms with Gasteiger partial charge in [-0.3, -0.25) is 4.98 Å². The van der Waals surface area contributed by atoms with Crippen LogP contribution in [0.2, 0.25) is 0 Å². The molecular formula is C18H22N4O2. The lowest BCUT2D eigenvalue weighted by atomic mass is 10.2. The van der Waals surface area contributed by atoms with Gasteiger partial charge in [-0.15, -0.1) is 0 Å². The number of fused-ring (bicyclic) bond motifs is 3. The van der Waals surface area contributed by atoms with E-state index in [9.17, 15) is 4.79 Å². The molecule has 2 N–H and O–H groups in total. The predicted molar refractivity (Wildman–Crippen MR) is 94.3 cm³/mol. The number of aromatic nitrogens is 3. The molecule has 6 heteroatoms. The molecular weight excluding hydrogens is 304 g/mol. The summed E-state index contributed by atoms with van der Waals surface area (Å²) in [5.41, 5.74) is 2.96. The van der Waals surface area contributed by atoms with Crippen LogP contribution < -0.4 is 5.32 Å². The summed E-state index contributed by atoms with van der Waals surface area (Å²) in [5.74, 6) is 1.06. The lowest BCUT2D eigenvalue weighted by Crippen LogP contribution is -2.23. The van der Waals surface area contributed by atoms with E-state index in [1.54, 1.807) is 0 Å². The van der Waals surface area contributed by atoms with Gasteiger partial charge in [0.1, 0.15) is 11.3 Å². The average molecular weight is 326 g/mol. The molecule has 0 fully saturated rings. The van der Waals surface area contributed by atoms with Crippen LogP contribution in [-0.2, 0) is 13.0 Å². The Morgan fingerprint density at radius 3 is 2.88 bits per heavy atom. The van der Waals surface area contributed by atoms with Gasteiger partial charge in [-0.2, -0.15) is 0 Å². The summed E-state index contributed by atoms with van der Waals surface area (Å²) in [5, 5.41) is 12.2. The summed E-state index contributed by atoms with van der Waals surface area (Å²) in [6.07, 6.45) is 4.70. The Kier molecular flexibility index (Phi) is 4.93. The molecule has 0 saturated heterocycles. The maximum Gasteiger partial charge on any atom is 0.404 e. The molecule has 126 valence electrons. The molecule has 0 aliphatic carbocycles. The molecule has 0 aliphatic heterocycles. The molecule has 0 radical (unpaired) electrons. The Balaban J connectivity index is 2.00. The van der Waals surface area contributed by atoms with Crippen molar-refractivity contribution in [1.82, 2.24) is 19.9 Å². The van der Waals surface area contributed by atoms with Gasteiger partial charge in [0.2, 0.25) is 0 Å². The van der Waals surface area contributed by atoms with Gasteiger partial charge in [-0.1, -0.05) is 31.5 Å². The first kappa shape index (κ1) is 16.2. The molecule has 0 aliphatic rings. The largest absolute Gasteiger partial charge is 0.465 e. The summed E-state index contributed by atoms with van der Waals surface area (Å²) >= 11 is 0. The third-order valence-corrected chi connectivity index (χ3v) is 4.15. The number of hydrogen-bond acceptors (Lipinski definition) is 3. The molecule has 2 heterocycles. The molecule has 0 saturated carbocycles. The number of rotatable bonds is 7. The molecule has 6 nitrogen and oxygen atoms in total. The van der Waals surface area contributed by atoms with Crippen LogP contribution in [0.15, 0.2) is 30.5 Å². The van der Waals surface area contributed by atoms with E-state index in [0.717, 1.165) is 60.0 Å². The molecule has 0 unspecified atom stereocenters. The minimum absolute atomic E-state index is 0.436. The van der Waals surface area contributed by atoms with Gasteiger partial charge in [0, 0.05) is 24.9 Å². The van der Waals surface area contributed by atoms with E-state index in [2.05, 4.69) is 27.9 Å². The van der Waals surface area contributed by atoms with Crippen molar-refractivity contribution < 1.29 is 9.90 Å². The lowest BCUT2D eigenvalue weighted by Gasteiger charge is -2.10. The van der Waals surface area contributed by atoms with E-state index in [1.807, 2.05) is 24.4 Å². The molecule has 1 amide bonds. The number of carbonyl (C=O) groups is 1. The average Bonchev–Trinajstić information content (AvgIpc) is 2.94. The van der Waals surface area contributed by atoms with Crippen LogP contribution in [0, 0.1) is 0 Å². The number of nitrogens with one attached hydrogen (secondary N) is 1. The molecule has 0 atom stereocenters. The van der Waals surface area contributed by atoms with Crippen LogP contribution >= 0.6 is 0 Å². The number of amides is 1. The number of hydrogen-bond donors (Lipinski definition) is 2. The van der Waals surface area contributed by atoms with Crippen molar-refractivity contribution in [3.05, 3.63) is 36.3 Å². The van der Waals surface area contributed by atoms with Gasteiger partial charge in [0.05, 0.1) is 17.2 Å². The lowest BCUT2D eigenvalue weighted by molar-refractivity contribution is 0.194. The quantitative estimate of drug-likeness (QED) is 0.650. The third kappa shape index (κ3) is 3.32. The van der Waals surface area contributed by atoms with E-state index in [1.165, 1.54) is 0 Å². The minimum Gasteiger partial charge on any atom is -0.465 e. The second-order valence-corrected chi connectivity index (χ2v) is 5.88. The fourth-order valence-electron chi connectivity index (χ4n) is 3.01. The van der Waals surface area contributed by atoms with Crippen molar-refractivity contribution in [3.8, 4) is 0 Å². The summed E-state index contributed by atoms with van der Waals surface area (Å²) in [6.45, 7) is 3.34. The van der Waals surface area contributed by atoms with Gasteiger partial charge in [0.25, 0.3) is 0 Å². The van der Waals surface area contributed by atoms with Crippen LogP contribution in [0.3, 0.4) is 0 Å². The second-order valence-electron chi connectivity index (χ2n) is 5.88. The maximum absolute atomic E-state index is 10.6. The molecule has 2 aromatic heterocycles. The smallest absolute Gasteiger partial charge is 0.404 e. The van der Waals surface area contributed by atoms with Crippen LogP contribution in [-0.4, -0.2) is 32.3 Å². The Hall–Kier alpha value is -2.63. The van der Waals surface area contributed by atoms with Crippen molar-refractivity contribution >= 4 is 28.0 Å². The van der Waals surface area contributed by atoms with Crippen molar-refractivity contribution in [2.75, 3.05) is 6.54 Å². The highest BCUT2D eigenvalue weighted by molar-refractivity contribution is 6.02. The first-order valence-corrected chi connectivity index (χ1v) is 8.40. The monoisotopic (exact) mass is 326 g/mol. The Bertz CT molecular complexity index is 857. The van der Waals surface area contributed by atoms with E-state index in [4.69, 9.17) is 10.1 Å². The Morgan fingerprint density at radius 2 is 2.08 bits per heavy atom. The van der Waals surface area contributed by atoms with E-state index in [0.29, 0.717) is 6.54 Å². The van der Waals surface area contributed by atoms with Crippen LogP contribution in [0.1, 0.15) is 32.0 Å². The zero-order valence-corrected chi connectivity index (χ0v) is 13.8. The van der Waals surface area contributed by atoms with E-state index in [-0.39, 0.29) is 0 Å². The van der Waals surface area contributed by atoms with Gasteiger partial charge < -0.3 is 15.0 Å². The number of aryl methyl sites for hydroxylation is 2. The highest BCUT2D eigenvalue weighted by Crippen LogP contribution is 2.25. The molecule has 0 bridgehead atoms. The summed E-state index contributed by atoms with van der Waals surface area (Å²) in [6, 6.07) is 8.07. The summed E-state index contributed by atoms with van der Waals surface area (Å²) in [7, 11) is 0. The fourth-order valence-corrected chi connectivity index (χ4v) is 3.01. The zero-order valence-electron chi connectivity index (χ0n) is 13.8. The first-order chi connectivity index (χ1) is 11.7. The summed E-state index contributed by atoms with van der Waals surface area (Å²) in [4.78, 5) is 19.9. The predicted octanol–water partition coefficient (Wildman–Crippen LogP) is 3.58. The number of para-hydroxylation sites is 1. The van der Waals surface area contributed by atoms with Crippen molar-refractivity contribution in [2.24, 2.45) is 0 Å². The van der Waals surface area contributed by atoms with E-state index < -0.39 is 6.09 Å². The second kappa shape index (κ2) is 7.29. The Morgan fingerprint density at radius 1 is 1.25 bits per heavy atom. The number of imidazole rings is 1. The number of unbranched alkanes of at least 4 members (excludes halogenated alkanes) is 1. The topological polar surface area (TPSA) is 80.0 Å². The number of benzene rings is 1. The van der Waals surface area contributed by atoms with Gasteiger partial charge >= 0.3 is 6.09 Å². The number of pyridine rings is 1. The van der Waals surface area contributed by atoms with Gasteiger partial charge in [-0.05, 0) is 18.9 Å². The summed E-state index contributed by atoms with van der Waals surface area (Å²) < 4.78 is 2.23. The number of carboxylic acid groups (broad SMARTS) is 1. The van der Waals surface area contributed by atoms with E-state index >= 15 is 0 Å². The normalized spacial score (nSPS) is 11.2. The third-order valence-electron chi connectivity index (χ3n) is 4.15. The van der Waals surface area contributed by atoms with Crippen LogP contribution in [0.4, 0.5) is 4.79 Å². The SMILES string of the molecule is CCCCc1nc2cnc3ccccc3c2n1CCCNC(=O)O. The first-order valence-electron chi connectivity index (χ1n) is 8.40. The van der Waals surface area contributed by atoms with Crippen molar-refractivity contribution in [3.63, 3.8) is 0 Å². The molecule has 3 rings (SSSR count).